The summed E-state index contributed by atoms with van der Waals surface area (Å²) in [5.41, 5.74) is 0.669. The maximum absolute atomic E-state index is 10.6. The van der Waals surface area contributed by atoms with E-state index in [1.165, 1.54) is 30.3 Å². The van der Waals surface area contributed by atoms with E-state index in [0.29, 0.717) is 27.8 Å². The van der Waals surface area contributed by atoms with Gasteiger partial charge in [0.2, 0.25) is 0 Å². The van der Waals surface area contributed by atoms with Gasteiger partial charge in [-0.25, -0.2) is 0 Å². The average molecular weight is 382 g/mol. The Hall–Kier alpha value is -3.54. The van der Waals surface area contributed by atoms with E-state index >= 15 is 0 Å². The zero-order valence-electron chi connectivity index (χ0n) is 15.7. The lowest BCUT2D eigenvalue weighted by molar-refractivity contribution is 0.415. The molecular weight excluding hydrogens is 360 g/mol. The van der Waals surface area contributed by atoms with Gasteiger partial charge < -0.3 is 30.6 Å². The molecule has 0 saturated heterocycles. The lowest BCUT2D eigenvalue weighted by Crippen LogP contribution is -2.26. The van der Waals surface area contributed by atoms with E-state index in [2.05, 4.69) is 0 Å². The van der Waals surface area contributed by atoms with Crippen LogP contribution in [0.4, 0.5) is 0 Å². The van der Waals surface area contributed by atoms with Gasteiger partial charge in [0.05, 0.1) is 5.41 Å². The highest BCUT2D eigenvalue weighted by Gasteiger charge is 2.39. The normalized spacial score (nSPS) is 11.5. The van der Waals surface area contributed by atoms with Gasteiger partial charge in [-0.1, -0.05) is 6.07 Å². The second-order valence-corrected chi connectivity index (χ2v) is 7.14. The van der Waals surface area contributed by atoms with Crippen molar-refractivity contribution in [3.63, 3.8) is 0 Å². The van der Waals surface area contributed by atoms with Crippen LogP contribution in [-0.4, -0.2) is 30.6 Å². The largest absolute Gasteiger partial charge is 0.508 e. The molecule has 0 saturated carbocycles. The smallest absolute Gasteiger partial charge is 0.123 e. The molecule has 28 heavy (non-hydrogen) atoms. The van der Waals surface area contributed by atoms with E-state index in [9.17, 15) is 30.6 Å². The SMILES string of the molecule is Cc1cc(C(C)(c2ccc(O)cc2O)c2cc(C)c(O)cc2O)c(O)cc1O. The number of phenolic OH excluding ortho intramolecular Hbond substituents is 6. The van der Waals surface area contributed by atoms with Gasteiger partial charge in [0.1, 0.15) is 34.5 Å². The van der Waals surface area contributed by atoms with Crippen LogP contribution < -0.4 is 0 Å². The van der Waals surface area contributed by atoms with E-state index in [0.717, 1.165) is 0 Å². The number of benzene rings is 3. The van der Waals surface area contributed by atoms with E-state index in [1.54, 1.807) is 32.9 Å². The molecule has 0 aliphatic carbocycles. The summed E-state index contributed by atoms with van der Waals surface area (Å²) in [5.74, 6) is -1.03. The van der Waals surface area contributed by atoms with Crippen molar-refractivity contribution in [3.8, 4) is 34.5 Å². The Morgan fingerprint density at radius 1 is 0.536 bits per heavy atom. The molecule has 0 fully saturated rings. The predicted octanol–water partition coefficient (Wildman–Crippen LogP) is 3.89. The van der Waals surface area contributed by atoms with E-state index < -0.39 is 5.41 Å². The van der Waals surface area contributed by atoms with Crippen LogP contribution in [-0.2, 0) is 5.41 Å². The minimum atomic E-state index is -1.27. The van der Waals surface area contributed by atoms with Crippen LogP contribution in [0.15, 0.2) is 42.5 Å². The lowest BCUT2D eigenvalue weighted by Gasteiger charge is -2.34. The molecule has 3 rings (SSSR count). The Morgan fingerprint density at radius 3 is 1.39 bits per heavy atom. The fourth-order valence-corrected chi connectivity index (χ4v) is 3.55. The summed E-state index contributed by atoms with van der Waals surface area (Å²) in [7, 11) is 0. The van der Waals surface area contributed by atoms with Crippen molar-refractivity contribution in [2.45, 2.75) is 26.2 Å². The van der Waals surface area contributed by atoms with Crippen LogP contribution in [0.5, 0.6) is 34.5 Å². The van der Waals surface area contributed by atoms with Crippen molar-refractivity contribution in [2.24, 2.45) is 0 Å². The number of hydrogen-bond acceptors (Lipinski definition) is 6. The predicted molar refractivity (Wildman–Crippen MR) is 104 cm³/mol. The molecule has 146 valence electrons. The van der Waals surface area contributed by atoms with Crippen molar-refractivity contribution < 1.29 is 30.6 Å². The van der Waals surface area contributed by atoms with Crippen LogP contribution >= 0.6 is 0 Å². The maximum Gasteiger partial charge on any atom is 0.123 e. The highest BCUT2D eigenvalue weighted by atomic mass is 16.3. The summed E-state index contributed by atoms with van der Waals surface area (Å²) in [6.45, 7) is 5.02. The molecule has 0 aliphatic rings. The van der Waals surface area contributed by atoms with Gasteiger partial charge in [0, 0.05) is 34.9 Å². The van der Waals surface area contributed by atoms with Gasteiger partial charge in [-0.05, 0) is 50.1 Å². The minimum absolute atomic E-state index is 0.0929. The average Bonchev–Trinajstić information content (AvgIpc) is 2.60. The van der Waals surface area contributed by atoms with Crippen LogP contribution in [0.1, 0.15) is 34.7 Å². The molecule has 0 spiro atoms. The van der Waals surface area contributed by atoms with E-state index in [1.807, 2.05) is 0 Å². The van der Waals surface area contributed by atoms with Crippen LogP contribution in [0, 0.1) is 13.8 Å². The third-order valence-electron chi connectivity index (χ3n) is 5.23. The summed E-state index contributed by atoms with van der Waals surface area (Å²) in [4.78, 5) is 0. The first-order chi connectivity index (χ1) is 13.1. The lowest BCUT2D eigenvalue weighted by atomic mass is 9.69. The molecule has 0 radical (unpaired) electrons. The minimum Gasteiger partial charge on any atom is -0.508 e. The number of hydrogen-bond donors (Lipinski definition) is 6. The van der Waals surface area contributed by atoms with Crippen molar-refractivity contribution in [1.82, 2.24) is 0 Å². The van der Waals surface area contributed by atoms with Gasteiger partial charge in [0.15, 0.2) is 0 Å². The zero-order chi connectivity index (χ0) is 20.8. The highest BCUT2D eigenvalue weighted by molar-refractivity contribution is 5.64. The molecule has 0 heterocycles. The molecule has 6 nitrogen and oxygen atoms in total. The van der Waals surface area contributed by atoms with Gasteiger partial charge >= 0.3 is 0 Å². The maximum atomic E-state index is 10.6. The van der Waals surface area contributed by atoms with Gasteiger partial charge in [0.25, 0.3) is 0 Å². The number of aromatic hydroxyl groups is 6. The topological polar surface area (TPSA) is 121 Å². The molecule has 0 amide bonds. The molecular formula is C22H22O6. The molecule has 0 aliphatic heterocycles. The Kier molecular flexibility index (Phi) is 4.51. The standard InChI is InChI=1S/C22H22O6/c1-11-6-15(20(27)9-17(11)24)22(3,14-5-4-13(23)8-19(14)26)16-7-12(2)18(25)10-21(16)28/h4-10,23-28H,1-3H3. The second-order valence-electron chi connectivity index (χ2n) is 7.14. The summed E-state index contributed by atoms with van der Waals surface area (Å²) < 4.78 is 0. The monoisotopic (exact) mass is 382 g/mol. The molecule has 0 unspecified atom stereocenters. The van der Waals surface area contributed by atoms with Crippen molar-refractivity contribution in [3.05, 3.63) is 70.3 Å². The Balaban J connectivity index is 2.45. The van der Waals surface area contributed by atoms with E-state index in [-0.39, 0.29) is 34.5 Å². The summed E-state index contributed by atoms with van der Waals surface area (Å²) in [6, 6.07) is 9.59. The number of aryl methyl sites for hydroxylation is 2. The molecule has 3 aromatic carbocycles. The first-order valence-electron chi connectivity index (χ1n) is 8.64. The Bertz CT molecular complexity index is 1010. The number of rotatable bonds is 3. The number of phenols is 6. The third-order valence-corrected chi connectivity index (χ3v) is 5.23. The van der Waals surface area contributed by atoms with Crippen LogP contribution in [0.2, 0.25) is 0 Å². The molecule has 6 heteroatoms. The van der Waals surface area contributed by atoms with Gasteiger partial charge in [-0.2, -0.15) is 0 Å². The Labute approximate surface area is 162 Å². The van der Waals surface area contributed by atoms with Crippen LogP contribution in [0.3, 0.4) is 0 Å². The highest BCUT2D eigenvalue weighted by Crippen LogP contribution is 2.50. The van der Waals surface area contributed by atoms with Crippen molar-refractivity contribution in [2.75, 3.05) is 0 Å². The summed E-state index contributed by atoms with van der Waals surface area (Å²) >= 11 is 0. The molecule has 6 N–H and O–H groups in total. The fraction of sp³-hybridized carbons (Fsp3) is 0.182. The summed E-state index contributed by atoms with van der Waals surface area (Å²) in [6.07, 6.45) is 0. The summed E-state index contributed by atoms with van der Waals surface area (Å²) in [5, 5.41) is 61.3. The molecule has 0 aromatic heterocycles. The fourth-order valence-electron chi connectivity index (χ4n) is 3.55. The first kappa shape index (κ1) is 19.2. The van der Waals surface area contributed by atoms with Gasteiger partial charge in [-0.3, -0.25) is 0 Å². The third kappa shape index (κ3) is 2.93. The Morgan fingerprint density at radius 2 is 0.964 bits per heavy atom. The zero-order valence-corrected chi connectivity index (χ0v) is 15.7. The molecule has 0 atom stereocenters. The van der Waals surface area contributed by atoms with E-state index in [4.69, 9.17) is 0 Å². The van der Waals surface area contributed by atoms with Crippen molar-refractivity contribution >= 4 is 0 Å². The van der Waals surface area contributed by atoms with Gasteiger partial charge in [-0.15, -0.1) is 0 Å². The second kappa shape index (κ2) is 6.56. The van der Waals surface area contributed by atoms with Crippen LogP contribution in [0.25, 0.3) is 0 Å². The first-order valence-corrected chi connectivity index (χ1v) is 8.64. The molecule has 0 bridgehead atoms. The molecule has 3 aromatic rings. The van der Waals surface area contributed by atoms with Crippen molar-refractivity contribution in [1.29, 1.82) is 0 Å². The quantitative estimate of drug-likeness (QED) is 0.382.